The van der Waals surface area contributed by atoms with E-state index >= 15 is 0 Å². The molecule has 0 spiro atoms. The van der Waals surface area contributed by atoms with Crippen LogP contribution in [0, 0.1) is 0 Å². The SMILES string of the molecule is COc1c(C(C)(C)C)cc([PH](=O)c2cc(C(C)(C)C)c(OC)c(C(C)(C)C)c2)cc1C(C)(C)C. The number of methoxy groups -OCH3 is 2. The molecule has 190 valence electrons. The van der Waals surface area contributed by atoms with Crippen molar-refractivity contribution in [1.29, 1.82) is 0 Å². The quantitative estimate of drug-likeness (QED) is 0.422. The summed E-state index contributed by atoms with van der Waals surface area (Å²) in [5.41, 5.74) is 3.81. The van der Waals surface area contributed by atoms with Crippen LogP contribution in [0.15, 0.2) is 24.3 Å². The Labute approximate surface area is 209 Å². The van der Waals surface area contributed by atoms with Gasteiger partial charge in [-0.15, -0.1) is 0 Å². The molecule has 0 unspecified atom stereocenters. The Hall–Kier alpha value is -1.73. The zero-order chi connectivity index (χ0) is 26.4. The van der Waals surface area contributed by atoms with Crippen LogP contribution in [0.1, 0.15) is 105 Å². The molecule has 0 fully saturated rings. The highest BCUT2D eigenvalue weighted by molar-refractivity contribution is 7.61. The monoisotopic (exact) mass is 486 g/mol. The van der Waals surface area contributed by atoms with Gasteiger partial charge >= 0.3 is 0 Å². The number of ether oxygens (including phenoxy) is 2. The fraction of sp³-hybridized carbons (Fsp3) is 0.600. The van der Waals surface area contributed by atoms with E-state index in [1.165, 1.54) is 0 Å². The first-order valence-corrected chi connectivity index (χ1v) is 13.6. The third kappa shape index (κ3) is 5.91. The summed E-state index contributed by atoms with van der Waals surface area (Å²) >= 11 is 0. The van der Waals surface area contributed by atoms with Gasteiger partial charge in [0.25, 0.3) is 0 Å². The van der Waals surface area contributed by atoms with E-state index in [2.05, 4.69) is 107 Å². The van der Waals surface area contributed by atoms with Crippen LogP contribution in [0.2, 0.25) is 0 Å². The lowest BCUT2D eigenvalue weighted by Gasteiger charge is -2.31. The van der Waals surface area contributed by atoms with Crippen LogP contribution in [0.3, 0.4) is 0 Å². The topological polar surface area (TPSA) is 35.5 Å². The predicted molar refractivity (Wildman–Crippen MR) is 149 cm³/mol. The third-order valence-electron chi connectivity index (χ3n) is 6.34. The average molecular weight is 487 g/mol. The van der Waals surface area contributed by atoms with E-state index in [1.54, 1.807) is 14.2 Å². The van der Waals surface area contributed by atoms with Crippen molar-refractivity contribution in [2.24, 2.45) is 0 Å². The first-order chi connectivity index (χ1) is 15.2. The second kappa shape index (κ2) is 9.38. The summed E-state index contributed by atoms with van der Waals surface area (Å²) in [6.07, 6.45) is 0. The van der Waals surface area contributed by atoms with Gasteiger partial charge in [0, 0.05) is 32.9 Å². The van der Waals surface area contributed by atoms with Crippen molar-refractivity contribution >= 4 is 18.4 Å². The molecule has 2 aromatic rings. The minimum absolute atomic E-state index is 0.142. The molecule has 3 nitrogen and oxygen atoms in total. The summed E-state index contributed by atoms with van der Waals surface area (Å²) in [5, 5.41) is 1.76. The van der Waals surface area contributed by atoms with Crippen LogP contribution >= 0.6 is 7.80 Å². The second-order valence-corrected chi connectivity index (χ2v) is 15.4. The fourth-order valence-electron chi connectivity index (χ4n) is 4.35. The zero-order valence-corrected chi connectivity index (χ0v) is 25.0. The second-order valence-electron chi connectivity index (χ2n) is 13.5. The van der Waals surface area contributed by atoms with Crippen LogP contribution in [-0.4, -0.2) is 14.2 Å². The van der Waals surface area contributed by atoms with Crippen molar-refractivity contribution in [2.45, 2.75) is 105 Å². The van der Waals surface area contributed by atoms with Gasteiger partial charge < -0.3 is 14.0 Å². The van der Waals surface area contributed by atoms with E-state index in [1.807, 2.05) is 0 Å². The number of hydrogen-bond acceptors (Lipinski definition) is 3. The highest BCUT2D eigenvalue weighted by atomic mass is 31.1. The van der Waals surface area contributed by atoms with Crippen molar-refractivity contribution in [3.63, 3.8) is 0 Å². The Balaban J connectivity index is 2.91. The van der Waals surface area contributed by atoms with Crippen molar-refractivity contribution < 1.29 is 14.0 Å². The lowest BCUT2D eigenvalue weighted by molar-refractivity contribution is 0.381. The zero-order valence-electron chi connectivity index (χ0n) is 24.0. The van der Waals surface area contributed by atoms with Crippen LogP contribution in [0.5, 0.6) is 11.5 Å². The Morgan fingerprint density at radius 2 is 0.706 bits per heavy atom. The van der Waals surface area contributed by atoms with Crippen LogP contribution < -0.4 is 20.1 Å². The number of benzene rings is 2. The Morgan fingerprint density at radius 3 is 0.853 bits per heavy atom. The Morgan fingerprint density at radius 1 is 0.500 bits per heavy atom. The smallest absolute Gasteiger partial charge is 0.131 e. The van der Waals surface area contributed by atoms with Crippen LogP contribution in [0.25, 0.3) is 0 Å². The van der Waals surface area contributed by atoms with Gasteiger partial charge in [-0.05, 0) is 45.9 Å². The summed E-state index contributed by atoms with van der Waals surface area (Å²) < 4.78 is 26.1. The van der Waals surface area contributed by atoms with Crippen molar-refractivity contribution in [3.8, 4) is 11.5 Å². The summed E-state index contributed by atoms with van der Waals surface area (Å²) in [6.45, 7) is 26.2. The minimum Gasteiger partial charge on any atom is -0.496 e. The molecule has 0 aliphatic carbocycles. The molecule has 0 aliphatic heterocycles. The van der Waals surface area contributed by atoms with Crippen molar-refractivity contribution in [3.05, 3.63) is 46.5 Å². The van der Waals surface area contributed by atoms with Gasteiger partial charge in [0.15, 0.2) is 0 Å². The molecule has 4 heteroatoms. The molecule has 0 saturated carbocycles. The molecular weight excluding hydrogens is 439 g/mol. The van der Waals surface area contributed by atoms with Crippen molar-refractivity contribution in [1.82, 2.24) is 0 Å². The molecule has 0 heterocycles. The van der Waals surface area contributed by atoms with Gasteiger partial charge in [0.05, 0.1) is 14.2 Å². The minimum atomic E-state index is -2.28. The van der Waals surface area contributed by atoms with Gasteiger partial charge in [-0.2, -0.15) is 0 Å². The van der Waals surface area contributed by atoms with E-state index in [4.69, 9.17) is 9.47 Å². The molecule has 0 aromatic heterocycles. The highest BCUT2D eigenvalue weighted by Crippen LogP contribution is 2.43. The summed E-state index contributed by atoms with van der Waals surface area (Å²) in [5.74, 6) is 1.80. The largest absolute Gasteiger partial charge is 0.496 e. The predicted octanol–water partition coefficient (Wildman–Crippen LogP) is 7.40. The first kappa shape index (κ1) is 28.5. The van der Waals surface area contributed by atoms with E-state index < -0.39 is 7.80 Å². The van der Waals surface area contributed by atoms with Gasteiger partial charge in [0.2, 0.25) is 0 Å². The van der Waals surface area contributed by atoms with Crippen LogP contribution in [-0.2, 0) is 26.2 Å². The molecule has 0 bridgehead atoms. The van der Waals surface area contributed by atoms with Crippen molar-refractivity contribution in [2.75, 3.05) is 14.2 Å². The Kier molecular flexibility index (Phi) is 7.86. The molecule has 2 rings (SSSR count). The highest BCUT2D eigenvalue weighted by Gasteiger charge is 2.31. The fourth-order valence-corrected chi connectivity index (χ4v) is 5.79. The molecule has 34 heavy (non-hydrogen) atoms. The number of hydrogen-bond donors (Lipinski definition) is 0. The molecule has 0 aliphatic rings. The Bertz CT molecular complexity index is 913. The normalized spacial score (nSPS) is 13.4. The molecule has 0 amide bonds. The van der Waals surface area contributed by atoms with Gasteiger partial charge in [0.1, 0.15) is 19.3 Å². The maximum absolute atomic E-state index is 14.3. The van der Waals surface area contributed by atoms with E-state index in [9.17, 15) is 4.57 Å². The average Bonchev–Trinajstić information content (AvgIpc) is 2.68. The van der Waals surface area contributed by atoms with Gasteiger partial charge in [-0.25, -0.2) is 0 Å². The molecular formula is C30H47O3P. The van der Waals surface area contributed by atoms with Crippen LogP contribution in [0.4, 0.5) is 0 Å². The molecule has 0 N–H and O–H groups in total. The molecule has 2 aromatic carbocycles. The standard InChI is InChI=1S/C30H47O3P/c1-27(2,3)21-15-19(16-22(25(21)32-13)28(4,5)6)34(31)20-17-23(29(7,8)9)26(33-14)24(18-20)30(10,11)12/h15-18,34H,1-14H3. The number of rotatable bonds is 4. The lowest BCUT2D eigenvalue weighted by Crippen LogP contribution is -2.25. The summed E-state index contributed by atoms with van der Waals surface area (Å²) in [4.78, 5) is 0. The molecule has 0 radical (unpaired) electrons. The molecule has 0 saturated heterocycles. The first-order valence-electron chi connectivity index (χ1n) is 12.2. The summed E-state index contributed by atoms with van der Waals surface area (Å²) in [6, 6.07) is 8.42. The molecule has 0 atom stereocenters. The van der Waals surface area contributed by atoms with E-state index in [0.29, 0.717) is 0 Å². The van der Waals surface area contributed by atoms with E-state index in [0.717, 1.165) is 44.4 Å². The lowest BCUT2D eigenvalue weighted by atomic mass is 9.79. The third-order valence-corrected chi connectivity index (χ3v) is 7.97. The van der Waals surface area contributed by atoms with E-state index in [-0.39, 0.29) is 21.7 Å². The maximum Gasteiger partial charge on any atom is 0.131 e. The summed E-state index contributed by atoms with van der Waals surface area (Å²) in [7, 11) is 1.19. The van der Waals surface area contributed by atoms with Gasteiger partial charge in [-0.3, -0.25) is 0 Å². The maximum atomic E-state index is 14.3. The van der Waals surface area contributed by atoms with Gasteiger partial charge in [-0.1, -0.05) is 83.1 Å².